The van der Waals surface area contributed by atoms with E-state index in [4.69, 9.17) is 0 Å². The van der Waals surface area contributed by atoms with Crippen molar-refractivity contribution in [3.8, 4) is 0 Å². The number of hydrogen-bond acceptors (Lipinski definition) is 1. The molecule has 0 N–H and O–H groups in total. The fourth-order valence-electron chi connectivity index (χ4n) is 1.47. The first-order chi connectivity index (χ1) is 6.91. The number of fused-ring (bicyclic) bond motifs is 1. The molecule has 15 heavy (non-hydrogen) atoms. The summed E-state index contributed by atoms with van der Waals surface area (Å²) in [5.74, 6) is 0. The zero-order valence-corrected chi connectivity index (χ0v) is 9.22. The van der Waals surface area contributed by atoms with E-state index in [0.717, 1.165) is 0 Å². The predicted molar refractivity (Wildman–Crippen MR) is 53.4 cm³/mol. The van der Waals surface area contributed by atoms with E-state index in [2.05, 4.69) is 21.0 Å². The van der Waals surface area contributed by atoms with E-state index in [1.807, 2.05) is 0 Å². The van der Waals surface area contributed by atoms with Gasteiger partial charge in [0.1, 0.15) is 0 Å². The maximum Gasteiger partial charge on any atom is 0.435 e. The summed E-state index contributed by atoms with van der Waals surface area (Å²) in [5, 5.41) is 3.59. The van der Waals surface area contributed by atoms with Crippen molar-refractivity contribution in [2.45, 2.75) is 6.18 Å². The summed E-state index contributed by atoms with van der Waals surface area (Å²) in [7, 11) is 1.49. The number of alkyl halides is 3. The van der Waals surface area contributed by atoms with E-state index in [-0.39, 0.29) is 5.39 Å². The fraction of sp³-hybridized carbons (Fsp3) is 0.222. The topological polar surface area (TPSA) is 17.8 Å². The average molecular weight is 279 g/mol. The molecular formula is C9H6BrF3N2. The molecule has 0 aliphatic rings. The summed E-state index contributed by atoms with van der Waals surface area (Å²) >= 11 is 3.10. The molecule has 2 aromatic rings. The molecule has 0 fully saturated rings. The second-order valence-electron chi connectivity index (χ2n) is 3.10. The van der Waals surface area contributed by atoms with Crippen molar-refractivity contribution in [2.75, 3.05) is 0 Å². The number of rotatable bonds is 0. The van der Waals surface area contributed by atoms with Crippen molar-refractivity contribution < 1.29 is 13.2 Å². The SMILES string of the molecule is Cn1nc(C(F)(F)F)c2c(Br)cccc21. The molecule has 80 valence electrons. The van der Waals surface area contributed by atoms with Gasteiger partial charge in [0.05, 0.1) is 5.52 Å². The molecule has 6 heteroatoms. The van der Waals surface area contributed by atoms with E-state index >= 15 is 0 Å². The fourth-order valence-corrected chi connectivity index (χ4v) is 2.01. The van der Waals surface area contributed by atoms with Crippen LogP contribution in [-0.4, -0.2) is 9.78 Å². The van der Waals surface area contributed by atoms with Gasteiger partial charge in [-0.2, -0.15) is 18.3 Å². The van der Waals surface area contributed by atoms with Crippen LogP contribution in [0.3, 0.4) is 0 Å². The molecular weight excluding hydrogens is 273 g/mol. The molecule has 0 bridgehead atoms. The van der Waals surface area contributed by atoms with Gasteiger partial charge in [-0.1, -0.05) is 22.0 Å². The number of aromatic nitrogens is 2. The minimum Gasteiger partial charge on any atom is -0.267 e. The van der Waals surface area contributed by atoms with Crippen LogP contribution in [0.15, 0.2) is 22.7 Å². The van der Waals surface area contributed by atoms with Crippen molar-refractivity contribution >= 4 is 26.8 Å². The molecule has 0 amide bonds. The zero-order valence-electron chi connectivity index (χ0n) is 7.64. The number of halogens is 4. The van der Waals surface area contributed by atoms with Gasteiger partial charge in [-0.05, 0) is 12.1 Å². The highest BCUT2D eigenvalue weighted by molar-refractivity contribution is 9.10. The highest BCUT2D eigenvalue weighted by Crippen LogP contribution is 2.37. The van der Waals surface area contributed by atoms with Crippen LogP contribution in [0, 0.1) is 0 Å². The van der Waals surface area contributed by atoms with Crippen molar-refractivity contribution in [3.63, 3.8) is 0 Å². The van der Waals surface area contributed by atoms with Crippen LogP contribution >= 0.6 is 15.9 Å². The second-order valence-corrected chi connectivity index (χ2v) is 3.96. The molecule has 0 saturated heterocycles. The monoisotopic (exact) mass is 278 g/mol. The van der Waals surface area contributed by atoms with Crippen molar-refractivity contribution in [1.29, 1.82) is 0 Å². The van der Waals surface area contributed by atoms with E-state index in [9.17, 15) is 13.2 Å². The van der Waals surface area contributed by atoms with Crippen LogP contribution in [0.2, 0.25) is 0 Å². The minimum absolute atomic E-state index is 0.104. The van der Waals surface area contributed by atoms with Gasteiger partial charge in [-0.15, -0.1) is 0 Å². The van der Waals surface area contributed by atoms with E-state index in [1.165, 1.54) is 11.7 Å². The van der Waals surface area contributed by atoms with Crippen LogP contribution in [0.1, 0.15) is 5.69 Å². The van der Waals surface area contributed by atoms with Gasteiger partial charge < -0.3 is 0 Å². The molecule has 0 atom stereocenters. The van der Waals surface area contributed by atoms with Crippen LogP contribution in [0.25, 0.3) is 10.9 Å². The molecule has 0 saturated carbocycles. The molecule has 2 rings (SSSR count). The van der Waals surface area contributed by atoms with Gasteiger partial charge in [0, 0.05) is 16.9 Å². The standard InChI is InChI=1S/C9H6BrF3N2/c1-15-6-4-2-3-5(10)7(6)8(14-15)9(11,12)13/h2-4H,1H3. The maximum absolute atomic E-state index is 12.6. The Morgan fingerprint density at radius 1 is 1.33 bits per heavy atom. The summed E-state index contributed by atoms with van der Waals surface area (Å²) in [6.45, 7) is 0. The van der Waals surface area contributed by atoms with E-state index in [0.29, 0.717) is 9.99 Å². The maximum atomic E-state index is 12.6. The Bertz CT molecular complexity index is 516. The Balaban J connectivity index is 2.88. The number of nitrogens with zero attached hydrogens (tertiary/aromatic N) is 2. The molecule has 0 aliphatic carbocycles. The summed E-state index contributed by atoms with van der Waals surface area (Å²) in [6.07, 6.45) is -4.43. The number of benzene rings is 1. The smallest absolute Gasteiger partial charge is 0.267 e. The van der Waals surface area contributed by atoms with Crippen LogP contribution in [-0.2, 0) is 13.2 Å². The first kappa shape index (κ1) is 10.5. The summed E-state index contributed by atoms with van der Waals surface area (Å²) in [5.41, 5.74) is -0.399. The normalized spacial score (nSPS) is 12.3. The molecule has 2 nitrogen and oxygen atoms in total. The lowest BCUT2D eigenvalue weighted by atomic mass is 10.2. The van der Waals surface area contributed by atoms with Gasteiger partial charge in [0.2, 0.25) is 0 Å². The van der Waals surface area contributed by atoms with Crippen LogP contribution in [0.5, 0.6) is 0 Å². The molecule has 1 heterocycles. The molecule has 0 spiro atoms. The number of aryl methyl sites for hydroxylation is 1. The Kier molecular flexibility index (Phi) is 2.26. The lowest BCUT2D eigenvalue weighted by Gasteiger charge is -2.02. The summed E-state index contributed by atoms with van der Waals surface area (Å²) < 4.78 is 39.5. The third-order valence-corrected chi connectivity index (χ3v) is 2.76. The second kappa shape index (κ2) is 3.23. The molecule has 0 radical (unpaired) electrons. The van der Waals surface area contributed by atoms with Crippen LogP contribution < -0.4 is 0 Å². The summed E-state index contributed by atoms with van der Waals surface area (Å²) in [6, 6.07) is 4.84. The number of hydrogen-bond donors (Lipinski definition) is 0. The highest BCUT2D eigenvalue weighted by atomic mass is 79.9. The first-order valence-electron chi connectivity index (χ1n) is 4.09. The third-order valence-electron chi connectivity index (χ3n) is 2.10. The van der Waals surface area contributed by atoms with Gasteiger partial charge in [0.25, 0.3) is 0 Å². The molecule has 1 aromatic heterocycles. The largest absolute Gasteiger partial charge is 0.435 e. The zero-order chi connectivity index (χ0) is 11.2. The van der Waals surface area contributed by atoms with Gasteiger partial charge >= 0.3 is 6.18 Å². The lowest BCUT2D eigenvalue weighted by molar-refractivity contribution is -0.140. The van der Waals surface area contributed by atoms with Gasteiger partial charge in [0.15, 0.2) is 5.69 Å². The third kappa shape index (κ3) is 1.62. The molecule has 0 unspecified atom stereocenters. The Morgan fingerprint density at radius 2 is 2.00 bits per heavy atom. The van der Waals surface area contributed by atoms with Crippen LogP contribution in [0.4, 0.5) is 13.2 Å². The quantitative estimate of drug-likeness (QED) is 0.723. The molecule has 1 aromatic carbocycles. The Labute approximate surface area is 91.8 Å². The summed E-state index contributed by atoms with van der Waals surface area (Å²) in [4.78, 5) is 0. The van der Waals surface area contributed by atoms with Gasteiger partial charge in [-0.25, -0.2) is 0 Å². The predicted octanol–water partition coefficient (Wildman–Crippen LogP) is 3.35. The Hall–Kier alpha value is -1.04. The van der Waals surface area contributed by atoms with Crippen molar-refractivity contribution in [2.24, 2.45) is 7.05 Å². The average Bonchev–Trinajstić information content (AvgIpc) is 2.45. The Morgan fingerprint density at radius 3 is 2.60 bits per heavy atom. The molecule has 0 aliphatic heterocycles. The van der Waals surface area contributed by atoms with Crippen molar-refractivity contribution in [3.05, 3.63) is 28.4 Å². The van der Waals surface area contributed by atoms with Crippen molar-refractivity contribution in [1.82, 2.24) is 9.78 Å². The van der Waals surface area contributed by atoms with Gasteiger partial charge in [-0.3, -0.25) is 4.68 Å². The minimum atomic E-state index is -4.43. The highest BCUT2D eigenvalue weighted by Gasteiger charge is 2.37. The lowest BCUT2D eigenvalue weighted by Crippen LogP contribution is -2.07. The van der Waals surface area contributed by atoms with E-state index in [1.54, 1.807) is 18.2 Å². The van der Waals surface area contributed by atoms with E-state index < -0.39 is 11.9 Å². The first-order valence-corrected chi connectivity index (χ1v) is 4.89.